The number of aryl methyl sites for hydroxylation is 1. The molecule has 1 aromatic heterocycles. The highest BCUT2D eigenvalue weighted by Gasteiger charge is 2.20. The normalized spacial score (nSPS) is 11.9. The minimum absolute atomic E-state index is 0.0411. The van der Waals surface area contributed by atoms with Crippen molar-refractivity contribution in [2.24, 2.45) is 0 Å². The van der Waals surface area contributed by atoms with Gasteiger partial charge in [0.05, 0.1) is 26.5 Å². The standard InChI is InChI=1S/C20H21ClFN3O4S/c1-4-9-25-18-8-6-14(30(27,28)24(2)3)11-17(18)23-19(25)12-29-20(26)15-7-5-13(22)10-16(15)21/h5-8,10-11H,4,9,12H2,1-3H3. The Hall–Kier alpha value is -2.49. The summed E-state index contributed by atoms with van der Waals surface area (Å²) in [5, 5.41) is -0.0411. The predicted octanol–water partition coefficient (Wildman–Crippen LogP) is 3.85. The maximum Gasteiger partial charge on any atom is 0.340 e. The molecule has 0 amide bonds. The fourth-order valence-electron chi connectivity index (χ4n) is 2.98. The van der Waals surface area contributed by atoms with Crippen LogP contribution in [-0.2, 0) is 27.9 Å². The molecule has 30 heavy (non-hydrogen) atoms. The molecule has 0 N–H and O–H groups in total. The van der Waals surface area contributed by atoms with E-state index in [2.05, 4.69) is 4.98 Å². The Balaban J connectivity index is 1.92. The summed E-state index contributed by atoms with van der Waals surface area (Å²) < 4.78 is 46.3. The summed E-state index contributed by atoms with van der Waals surface area (Å²) in [6.07, 6.45) is 0.800. The van der Waals surface area contributed by atoms with E-state index >= 15 is 0 Å². The average Bonchev–Trinajstić information content (AvgIpc) is 3.03. The number of imidazole rings is 1. The molecular formula is C20H21ClFN3O4S. The van der Waals surface area contributed by atoms with Crippen LogP contribution in [0.5, 0.6) is 0 Å². The topological polar surface area (TPSA) is 81.5 Å². The van der Waals surface area contributed by atoms with E-state index in [4.69, 9.17) is 16.3 Å². The van der Waals surface area contributed by atoms with E-state index in [1.807, 2.05) is 11.5 Å². The average molecular weight is 454 g/mol. The van der Waals surface area contributed by atoms with Gasteiger partial charge in [0.1, 0.15) is 18.2 Å². The first-order chi connectivity index (χ1) is 14.1. The lowest BCUT2D eigenvalue weighted by atomic mass is 10.2. The molecular weight excluding hydrogens is 433 g/mol. The number of hydrogen-bond acceptors (Lipinski definition) is 5. The van der Waals surface area contributed by atoms with Crippen molar-refractivity contribution in [2.45, 2.75) is 31.4 Å². The maximum atomic E-state index is 13.2. The summed E-state index contributed by atoms with van der Waals surface area (Å²) in [6.45, 7) is 2.46. The molecule has 0 radical (unpaired) electrons. The molecule has 0 spiro atoms. The zero-order valence-corrected chi connectivity index (χ0v) is 18.3. The summed E-state index contributed by atoms with van der Waals surface area (Å²) in [7, 11) is -0.683. The second-order valence-electron chi connectivity index (χ2n) is 6.82. The van der Waals surface area contributed by atoms with Crippen LogP contribution in [0.25, 0.3) is 11.0 Å². The third-order valence-corrected chi connectivity index (χ3v) is 6.63. The molecule has 0 unspecified atom stereocenters. The number of fused-ring (bicyclic) bond motifs is 1. The lowest BCUT2D eigenvalue weighted by molar-refractivity contribution is 0.0458. The minimum atomic E-state index is -3.60. The van der Waals surface area contributed by atoms with Gasteiger partial charge in [0.2, 0.25) is 10.0 Å². The third-order valence-electron chi connectivity index (χ3n) is 4.51. The molecule has 3 rings (SSSR count). The number of rotatable bonds is 7. The number of hydrogen-bond donors (Lipinski definition) is 0. The monoisotopic (exact) mass is 453 g/mol. The molecule has 3 aromatic rings. The van der Waals surface area contributed by atoms with E-state index in [0.29, 0.717) is 17.9 Å². The molecule has 0 aliphatic rings. The van der Waals surface area contributed by atoms with Crippen LogP contribution in [0.2, 0.25) is 5.02 Å². The van der Waals surface area contributed by atoms with Crippen molar-refractivity contribution in [3.8, 4) is 0 Å². The van der Waals surface area contributed by atoms with Gasteiger partial charge in [-0.25, -0.2) is 26.9 Å². The summed E-state index contributed by atoms with van der Waals surface area (Å²) >= 11 is 5.91. The van der Waals surface area contributed by atoms with Gasteiger partial charge in [0.15, 0.2) is 0 Å². The largest absolute Gasteiger partial charge is 0.454 e. The molecule has 0 aliphatic heterocycles. The third kappa shape index (κ3) is 4.33. The van der Waals surface area contributed by atoms with Crippen molar-refractivity contribution < 1.29 is 22.3 Å². The van der Waals surface area contributed by atoms with Gasteiger partial charge in [0, 0.05) is 20.6 Å². The van der Waals surface area contributed by atoms with Gasteiger partial charge < -0.3 is 9.30 Å². The molecule has 1 heterocycles. The number of carbonyl (C=O) groups is 1. The van der Waals surface area contributed by atoms with Crippen LogP contribution in [0.15, 0.2) is 41.3 Å². The SMILES string of the molecule is CCCn1c(COC(=O)c2ccc(F)cc2Cl)nc2cc(S(=O)(=O)N(C)C)ccc21. The molecule has 0 bridgehead atoms. The van der Waals surface area contributed by atoms with E-state index < -0.39 is 21.8 Å². The Morgan fingerprint density at radius 1 is 1.23 bits per heavy atom. The highest BCUT2D eigenvalue weighted by Crippen LogP contribution is 2.24. The molecule has 7 nitrogen and oxygen atoms in total. The van der Waals surface area contributed by atoms with Crippen molar-refractivity contribution in [1.82, 2.24) is 13.9 Å². The summed E-state index contributed by atoms with van der Waals surface area (Å²) in [5.41, 5.74) is 1.27. The number of sulfonamides is 1. The van der Waals surface area contributed by atoms with Gasteiger partial charge in [-0.15, -0.1) is 0 Å². The Labute approximate surface area is 179 Å². The number of aromatic nitrogens is 2. The van der Waals surface area contributed by atoms with Crippen LogP contribution in [0, 0.1) is 5.82 Å². The smallest absolute Gasteiger partial charge is 0.340 e. The van der Waals surface area contributed by atoms with Crippen molar-refractivity contribution >= 4 is 38.6 Å². The Morgan fingerprint density at radius 3 is 2.60 bits per heavy atom. The lowest BCUT2D eigenvalue weighted by Crippen LogP contribution is -2.22. The molecule has 0 saturated heterocycles. The molecule has 0 atom stereocenters. The number of esters is 1. The van der Waals surface area contributed by atoms with Gasteiger partial charge in [-0.3, -0.25) is 0 Å². The van der Waals surface area contributed by atoms with Crippen LogP contribution in [0.1, 0.15) is 29.5 Å². The Bertz CT molecular complexity index is 1210. The first-order valence-corrected chi connectivity index (χ1v) is 11.0. The summed E-state index contributed by atoms with van der Waals surface area (Å²) in [5.74, 6) is -0.784. The minimum Gasteiger partial charge on any atom is -0.454 e. The molecule has 10 heteroatoms. The lowest BCUT2D eigenvalue weighted by Gasteiger charge is -2.11. The number of ether oxygens (including phenoxy) is 1. The van der Waals surface area contributed by atoms with Crippen LogP contribution >= 0.6 is 11.6 Å². The van der Waals surface area contributed by atoms with Gasteiger partial charge in [-0.2, -0.15) is 0 Å². The van der Waals surface area contributed by atoms with Gasteiger partial charge >= 0.3 is 5.97 Å². The van der Waals surface area contributed by atoms with Crippen LogP contribution in [-0.4, -0.2) is 42.3 Å². The molecule has 0 aliphatic carbocycles. The highest BCUT2D eigenvalue weighted by atomic mass is 35.5. The molecule has 0 saturated carbocycles. The predicted molar refractivity (Wildman–Crippen MR) is 111 cm³/mol. The first kappa shape index (κ1) is 22.2. The van der Waals surface area contributed by atoms with Crippen LogP contribution < -0.4 is 0 Å². The number of halogens is 2. The highest BCUT2D eigenvalue weighted by molar-refractivity contribution is 7.89. The van der Waals surface area contributed by atoms with E-state index in [9.17, 15) is 17.6 Å². The molecule has 2 aromatic carbocycles. The van der Waals surface area contributed by atoms with Crippen molar-refractivity contribution in [3.05, 3.63) is 58.6 Å². The summed E-state index contributed by atoms with van der Waals surface area (Å²) in [4.78, 5) is 16.9. The van der Waals surface area contributed by atoms with E-state index in [1.54, 1.807) is 6.07 Å². The quantitative estimate of drug-likeness (QED) is 0.507. The van der Waals surface area contributed by atoms with Gasteiger partial charge in [-0.1, -0.05) is 18.5 Å². The second kappa shape index (κ2) is 8.71. The number of benzene rings is 2. The Kier molecular flexibility index (Phi) is 6.44. The van der Waals surface area contributed by atoms with Crippen LogP contribution in [0.3, 0.4) is 0 Å². The van der Waals surface area contributed by atoms with Gasteiger partial charge in [0.25, 0.3) is 0 Å². The molecule has 0 fully saturated rings. The van der Waals surface area contributed by atoms with Crippen molar-refractivity contribution in [2.75, 3.05) is 14.1 Å². The van der Waals surface area contributed by atoms with E-state index in [0.717, 1.165) is 28.4 Å². The van der Waals surface area contributed by atoms with Crippen LogP contribution in [0.4, 0.5) is 4.39 Å². The van der Waals surface area contributed by atoms with E-state index in [-0.39, 0.29) is 22.1 Å². The zero-order chi connectivity index (χ0) is 22.1. The second-order valence-corrected chi connectivity index (χ2v) is 9.38. The molecule has 160 valence electrons. The summed E-state index contributed by atoms with van der Waals surface area (Å²) in [6, 6.07) is 8.14. The fraction of sp³-hybridized carbons (Fsp3) is 0.300. The maximum absolute atomic E-state index is 13.2. The fourth-order valence-corrected chi connectivity index (χ4v) is 4.14. The van der Waals surface area contributed by atoms with E-state index in [1.165, 1.54) is 32.3 Å². The van der Waals surface area contributed by atoms with Crippen molar-refractivity contribution in [1.29, 1.82) is 0 Å². The number of nitrogens with zero attached hydrogens (tertiary/aromatic N) is 3. The van der Waals surface area contributed by atoms with Crippen molar-refractivity contribution in [3.63, 3.8) is 0 Å². The first-order valence-electron chi connectivity index (χ1n) is 9.19. The zero-order valence-electron chi connectivity index (χ0n) is 16.7. The van der Waals surface area contributed by atoms with Gasteiger partial charge in [-0.05, 0) is 42.8 Å². The number of carbonyl (C=O) groups excluding carboxylic acids is 1. The Morgan fingerprint density at radius 2 is 1.97 bits per heavy atom.